The first-order chi connectivity index (χ1) is 14.1. The van der Waals surface area contributed by atoms with E-state index in [0.29, 0.717) is 11.3 Å². The molecule has 0 spiro atoms. The van der Waals surface area contributed by atoms with E-state index in [-0.39, 0.29) is 18.0 Å². The minimum Gasteiger partial charge on any atom is -0.497 e. The van der Waals surface area contributed by atoms with Crippen LogP contribution in [0.4, 0.5) is 5.69 Å². The molecule has 0 heterocycles. The lowest BCUT2D eigenvalue weighted by Crippen LogP contribution is -2.48. The van der Waals surface area contributed by atoms with Crippen molar-refractivity contribution in [3.05, 3.63) is 70.9 Å². The van der Waals surface area contributed by atoms with Crippen LogP contribution >= 0.6 is 0 Å². The zero-order valence-electron chi connectivity index (χ0n) is 18.2. The Morgan fingerprint density at radius 3 is 2.17 bits per heavy atom. The van der Waals surface area contributed by atoms with Gasteiger partial charge in [-0.3, -0.25) is 9.59 Å². The number of ketones is 2. The molecule has 1 aliphatic rings. The molecule has 3 rings (SSSR count). The zero-order valence-corrected chi connectivity index (χ0v) is 18.2. The van der Waals surface area contributed by atoms with E-state index in [1.54, 1.807) is 14.0 Å². The van der Waals surface area contributed by atoms with Gasteiger partial charge in [-0.25, -0.2) is 0 Å². The monoisotopic (exact) mass is 407 g/mol. The largest absolute Gasteiger partial charge is 0.497 e. The van der Waals surface area contributed by atoms with Crippen molar-refractivity contribution in [1.29, 1.82) is 0 Å². The van der Waals surface area contributed by atoms with Gasteiger partial charge in [0.2, 0.25) is 0 Å². The van der Waals surface area contributed by atoms with Gasteiger partial charge in [0.05, 0.1) is 18.6 Å². The number of rotatable bonds is 6. The molecule has 1 aliphatic carbocycles. The Labute approximate surface area is 177 Å². The van der Waals surface area contributed by atoms with Crippen LogP contribution in [0.15, 0.2) is 59.8 Å². The van der Waals surface area contributed by atoms with E-state index < -0.39 is 17.4 Å². The quantitative estimate of drug-likeness (QED) is 0.742. The van der Waals surface area contributed by atoms with Crippen molar-refractivity contribution in [2.45, 2.75) is 45.6 Å². The maximum atomic E-state index is 12.8. The van der Waals surface area contributed by atoms with Gasteiger partial charge in [0.15, 0.2) is 5.78 Å². The smallest absolute Gasteiger partial charge is 0.158 e. The van der Waals surface area contributed by atoms with Crippen LogP contribution in [0.3, 0.4) is 0 Å². The fourth-order valence-corrected chi connectivity index (χ4v) is 4.47. The number of aliphatic hydroxyl groups is 1. The number of Topliss-reactive ketones (excluding diaryl/α,β-unsaturated/α-hetero) is 2. The number of anilines is 1. The first kappa shape index (κ1) is 21.8. The summed E-state index contributed by atoms with van der Waals surface area (Å²) in [4.78, 5) is 25.5. The molecule has 0 aromatic heterocycles. The summed E-state index contributed by atoms with van der Waals surface area (Å²) in [5.41, 5.74) is 2.60. The van der Waals surface area contributed by atoms with Gasteiger partial charge >= 0.3 is 0 Å². The highest BCUT2D eigenvalue weighted by atomic mass is 16.5. The number of carbonyl (C=O) groups excluding carboxylic acids is 2. The predicted octanol–water partition coefficient (Wildman–Crippen LogP) is 4.40. The van der Waals surface area contributed by atoms with Gasteiger partial charge in [-0.05, 0) is 57.5 Å². The van der Waals surface area contributed by atoms with Crippen molar-refractivity contribution in [2.24, 2.45) is 5.92 Å². The second kappa shape index (κ2) is 8.44. The summed E-state index contributed by atoms with van der Waals surface area (Å²) < 4.78 is 5.21. The molecule has 0 radical (unpaired) electrons. The minimum atomic E-state index is -1.30. The van der Waals surface area contributed by atoms with Gasteiger partial charge in [-0.15, -0.1) is 0 Å². The third-order valence-electron chi connectivity index (χ3n) is 5.81. The maximum Gasteiger partial charge on any atom is 0.158 e. The average molecular weight is 408 g/mol. The summed E-state index contributed by atoms with van der Waals surface area (Å²) in [5.74, 6) is -0.747. The number of hydrogen-bond acceptors (Lipinski definition) is 5. The van der Waals surface area contributed by atoms with E-state index in [1.807, 2.05) is 55.5 Å². The first-order valence-corrected chi connectivity index (χ1v) is 10.1. The maximum absolute atomic E-state index is 12.8. The summed E-state index contributed by atoms with van der Waals surface area (Å²) in [6, 6.07) is 15.2. The number of nitrogens with one attached hydrogen (secondary N) is 1. The lowest BCUT2D eigenvalue weighted by atomic mass is 9.64. The molecule has 5 heteroatoms. The van der Waals surface area contributed by atoms with Gasteiger partial charge in [0.25, 0.3) is 0 Å². The zero-order chi connectivity index (χ0) is 22.1. The van der Waals surface area contributed by atoms with E-state index in [9.17, 15) is 14.7 Å². The number of methoxy groups -OCH3 is 1. The molecule has 158 valence electrons. The number of allylic oxidation sites excluding steroid dienone is 1. The molecule has 0 unspecified atom stereocenters. The van der Waals surface area contributed by atoms with E-state index in [1.165, 1.54) is 13.8 Å². The standard InChI is InChI=1S/C25H29NO4/c1-15-6-8-18(9-7-15)23-22(16(2)27)21(14-25(4,29)24(23)17(3)28)26-19-10-12-20(30-5)13-11-19/h6-13,23-24,26,29H,14H2,1-5H3/t23-,24+,25+/m1/s1. The van der Waals surface area contributed by atoms with Crippen molar-refractivity contribution < 1.29 is 19.4 Å². The number of benzene rings is 2. The normalized spacial score (nSPS) is 23.8. The van der Waals surface area contributed by atoms with Crippen LogP contribution in [0.1, 0.15) is 44.2 Å². The van der Waals surface area contributed by atoms with Gasteiger partial charge in [0.1, 0.15) is 11.5 Å². The van der Waals surface area contributed by atoms with Gasteiger partial charge < -0.3 is 15.2 Å². The highest BCUT2D eigenvalue weighted by Gasteiger charge is 2.49. The second-order valence-electron chi connectivity index (χ2n) is 8.31. The molecule has 2 aromatic carbocycles. The molecule has 0 fully saturated rings. The Morgan fingerprint density at radius 2 is 1.67 bits per heavy atom. The average Bonchev–Trinajstić information content (AvgIpc) is 2.67. The van der Waals surface area contributed by atoms with Crippen LogP contribution in [0, 0.1) is 12.8 Å². The Morgan fingerprint density at radius 1 is 1.07 bits per heavy atom. The Kier molecular flexibility index (Phi) is 6.13. The van der Waals surface area contributed by atoms with Crippen molar-refractivity contribution in [2.75, 3.05) is 12.4 Å². The number of ether oxygens (including phenoxy) is 1. The van der Waals surface area contributed by atoms with Crippen molar-refractivity contribution in [1.82, 2.24) is 0 Å². The summed E-state index contributed by atoms with van der Waals surface area (Å²) >= 11 is 0. The predicted molar refractivity (Wildman–Crippen MR) is 118 cm³/mol. The van der Waals surface area contributed by atoms with E-state index in [2.05, 4.69) is 5.32 Å². The van der Waals surface area contributed by atoms with Gasteiger partial charge in [0, 0.05) is 29.3 Å². The second-order valence-corrected chi connectivity index (χ2v) is 8.31. The highest BCUT2D eigenvalue weighted by molar-refractivity contribution is 5.98. The molecule has 3 atom stereocenters. The molecule has 5 nitrogen and oxygen atoms in total. The Balaban J connectivity index is 2.16. The van der Waals surface area contributed by atoms with Crippen molar-refractivity contribution in [3.63, 3.8) is 0 Å². The highest BCUT2D eigenvalue weighted by Crippen LogP contribution is 2.47. The van der Waals surface area contributed by atoms with Crippen LogP contribution in [0.2, 0.25) is 0 Å². The van der Waals surface area contributed by atoms with Crippen LogP contribution in [0.5, 0.6) is 5.75 Å². The summed E-state index contributed by atoms with van der Waals surface area (Å²) in [6.07, 6.45) is 0.181. The topological polar surface area (TPSA) is 75.6 Å². The molecular formula is C25H29NO4. The SMILES string of the molecule is COc1ccc(NC2=C(C(C)=O)[C@@H](c3ccc(C)cc3)[C@H](C(C)=O)[C@@](C)(O)C2)cc1. The van der Waals surface area contributed by atoms with Crippen LogP contribution < -0.4 is 10.1 Å². The Hall–Kier alpha value is -2.92. The minimum absolute atomic E-state index is 0.113. The lowest BCUT2D eigenvalue weighted by Gasteiger charge is -2.43. The number of carbonyl (C=O) groups is 2. The van der Waals surface area contributed by atoms with Crippen molar-refractivity contribution >= 4 is 17.3 Å². The first-order valence-electron chi connectivity index (χ1n) is 10.1. The third-order valence-corrected chi connectivity index (χ3v) is 5.81. The van der Waals surface area contributed by atoms with Crippen molar-refractivity contribution in [3.8, 4) is 5.75 Å². The molecule has 2 aromatic rings. The van der Waals surface area contributed by atoms with Crippen LogP contribution in [-0.4, -0.2) is 29.4 Å². The Bertz CT molecular complexity index is 971. The molecule has 30 heavy (non-hydrogen) atoms. The molecule has 0 amide bonds. The van der Waals surface area contributed by atoms with Crippen LogP contribution in [0.25, 0.3) is 0 Å². The van der Waals surface area contributed by atoms with E-state index in [4.69, 9.17) is 4.74 Å². The summed E-state index contributed by atoms with van der Waals surface area (Å²) in [7, 11) is 1.60. The summed E-state index contributed by atoms with van der Waals surface area (Å²) in [6.45, 7) is 6.66. The summed E-state index contributed by atoms with van der Waals surface area (Å²) in [5, 5.41) is 14.6. The van der Waals surface area contributed by atoms with Crippen LogP contribution in [-0.2, 0) is 9.59 Å². The molecule has 2 N–H and O–H groups in total. The third kappa shape index (κ3) is 4.31. The fraction of sp³-hybridized carbons (Fsp3) is 0.360. The molecule has 0 bridgehead atoms. The molecule has 0 aliphatic heterocycles. The van der Waals surface area contributed by atoms with E-state index >= 15 is 0 Å². The molecule has 0 saturated heterocycles. The number of aryl methyl sites for hydroxylation is 1. The van der Waals surface area contributed by atoms with E-state index in [0.717, 1.165) is 22.6 Å². The fourth-order valence-electron chi connectivity index (χ4n) is 4.47. The molecule has 0 saturated carbocycles. The van der Waals surface area contributed by atoms with Gasteiger partial charge in [-0.1, -0.05) is 29.8 Å². The molecular weight excluding hydrogens is 378 g/mol. The number of hydrogen-bond donors (Lipinski definition) is 2. The lowest BCUT2D eigenvalue weighted by molar-refractivity contribution is -0.131. The van der Waals surface area contributed by atoms with Gasteiger partial charge in [-0.2, -0.15) is 0 Å².